The molecule has 1 saturated carbocycles. The topological polar surface area (TPSA) is 114 Å². The first kappa shape index (κ1) is 15.5. The Bertz CT molecular complexity index is 643. The van der Waals surface area contributed by atoms with Crippen LogP contribution in [0.25, 0.3) is 0 Å². The monoisotopic (exact) mass is 317 g/mol. The summed E-state index contributed by atoms with van der Waals surface area (Å²) < 4.78 is 0. The lowest BCUT2D eigenvalue weighted by atomic mass is 9.84. The fraction of sp³-hybridized carbons (Fsp3) is 0.500. The molecular formula is C16H19N3O4. The second-order valence-electron chi connectivity index (χ2n) is 6.21. The molecule has 1 aromatic heterocycles. The highest BCUT2D eigenvalue weighted by Gasteiger charge is 2.47. The van der Waals surface area contributed by atoms with Crippen LogP contribution in [0, 0.1) is 5.92 Å². The molecule has 7 heteroatoms. The zero-order valence-corrected chi connectivity index (χ0v) is 12.6. The second kappa shape index (κ2) is 5.98. The summed E-state index contributed by atoms with van der Waals surface area (Å²) in [4.78, 5) is 40.9. The molecule has 0 unspecified atom stereocenters. The number of rotatable bonds is 3. The molecule has 2 aliphatic rings. The summed E-state index contributed by atoms with van der Waals surface area (Å²) in [5.74, 6) is -1.73. The molecule has 122 valence electrons. The average Bonchev–Trinajstić information content (AvgIpc) is 2.94. The number of likely N-dealkylation sites (tertiary alicyclic amines) is 1. The summed E-state index contributed by atoms with van der Waals surface area (Å²) in [5.41, 5.74) is 5.52. The molecule has 7 nitrogen and oxygen atoms in total. The summed E-state index contributed by atoms with van der Waals surface area (Å²) >= 11 is 0. The van der Waals surface area contributed by atoms with Crippen molar-refractivity contribution in [3.63, 3.8) is 0 Å². The van der Waals surface area contributed by atoms with E-state index in [1.807, 2.05) is 0 Å². The molecule has 2 fully saturated rings. The Labute approximate surface area is 133 Å². The average molecular weight is 317 g/mol. The highest BCUT2D eigenvalue weighted by atomic mass is 16.4. The molecule has 1 aromatic rings. The van der Waals surface area contributed by atoms with E-state index < -0.39 is 17.9 Å². The summed E-state index contributed by atoms with van der Waals surface area (Å²) in [6, 6.07) is 2.03. The SMILES string of the molecule is NC(=O)c1ccc(C(=O)N2[C@@H]3CCCC[C@@H]3C[C@H]2C(=O)O)nc1. The van der Waals surface area contributed by atoms with Crippen LogP contribution in [0.1, 0.15) is 53.0 Å². The van der Waals surface area contributed by atoms with Crippen molar-refractivity contribution >= 4 is 17.8 Å². The molecule has 23 heavy (non-hydrogen) atoms. The van der Waals surface area contributed by atoms with Crippen molar-refractivity contribution in [2.75, 3.05) is 0 Å². The highest BCUT2D eigenvalue weighted by Crippen LogP contribution is 2.40. The van der Waals surface area contributed by atoms with E-state index in [-0.39, 0.29) is 29.1 Å². The van der Waals surface area contributed by atoms with Crippen LogP contribution in [0.2, 0.25) is 0 Å². The molecule has 0 radical (unpaired) electrons. The van der Waals surface area contributed by atoms with Gasteiger partial charge in [0.1, 0.15) is 11.7 Å². The molecule has 1 aliphatic heterocycles. The molecule has 1 saturated heterocycles. The number of fused-ring (bicyclic) bond motifs is 1. The minimum absolute atomic E-state index is 0.0324. The largest absolute Gasteiger partial charge is 0.480 e. The first-order chi connectivity index (χ1) is 11.0. The van der Waals surface area contributed by atoms with Gasteiger partial charge in [0.05, 0.1) is 5.56 Å². The van der Waals surface area contributed by atoms with Crippen molar-refractivity contribution in [3.8, 4) is 0 Å². The first-order valence-electron chi connectivity index (χ1n) is 7.80. The number of aromatic nitrogens is 1. The van der Waals surface area contributed by atoms with Crippen LogP contribution in [-0.4, -0.2) is 44.9 Å². The van der Waals surface area contributed by atoms with Crippen LogP contribution in [0.15, 0.2) is 18.3 Å². The Kier molecular flexibility index (Phi) is 4.02. The number of carbonyl (C=O) groups is 3. The third kappa shape index (κ3) is 2.78. The quantitative estimate of drug-likeness (QED) is 0.864. The number of nitrogens with two attached hydrogens (primary N) is 1. The van der Waals surface area contributed by atoms with E-state index >= 15 is 0 Å². The van der Waals surface area contributed by atoms with Gasteiger partial charge in [-0.3, -0.25) is 14.6 Å². The van der Waals surface area contributed by atoms with Gasteiger partial charge >= 0.3 is 5.97 Å². The third-order valence-electron chi connectivity index (χ3n) is 4.87. The maximum Gasteiger partial charge on any atom is 0.326 e. The number of carboxylic acid groups (broad SMARTS) is 1. The van der Waals surface area contributed by atoms with Gasteiger partial charge in [0.25, 0.3) is 5.91 Å². The van der Waals surface area contributed by atoms with E-state index in [9.17, 15) is 19.5 Å². The van der Waals surface area contributed by atoms with E-state index in [0.717, 1.165) is 25.7 Å². The predicted molar refractivity (Wildman–Crippen MR) is 80.7 cm³/mol. The standard InChI is InChI=1S/C16H19N3O4/c17-14(20)10-5-6-11(18-8-10)15(21)19-12-4-2-1-3-9(12)7-13(19)16(22)23/h5-6,8-9,12-13H,1-4,7H2,(H2,17,20)(H,22,23)/t9-,12-,13+/m1/s1. The van der Waals surface area contributed by atoms with Gasteiger partial charge < -0.3 is 15.7 Å². The Hall–Kier alpha value is -2.44. The Balaban J connectivity index is 1.88. The number of hydrogen-bond acceptors (Lipinski definition) is 4. The van der Waals surface area contributed by atoms with Crippen molar-refractivity contribution in [2.45, 2.75) is 44.2 Å². The van der Waals surface area contributed by atoms with Crippen molar-refractivity contribution < 1.29 is 19.5 Å². The summed E-state index contributed by atoms with van der Waals surface area (Å²) in [6.45, 7) is 0. The maximum atomic E-state index is 12.8. The van der Waals surface area contributed by atoms with Crippen molar-refractivity contribution in [1.29, 1.82) is 0 Å². The Morgan fingerprint density at radius 1 is 1.22 bits per heavy atom. The smallest absolute Gasteiger partial charge is 0.326 e. The molecule has 0 bridgehead atoms. The maximum absolute atomic E-state index is 12.8. The van der Waals surface area contributed by atoms with Gasteiger partial charge in [-0.15, -0.1) is 0 Å². The van der Waals surface area contributed by atoms with Gasteiger partial charge in [-0.05, 0) is 37.3 Å². The van der Waals surface area contributed by atoms with Crippen molar-refractivity contribution in [2.24, 2.45) is 11.7 Å². The molecule has 3 N–H and O–H groups in total. The molecule has 0 aromatic carbocycles. The number of aliphatic carboxylic acids is 1. The lowest BCUT2D eigenvalue weighted by Gasteiger charge is -2.32. The number of pyridine rings is 1. The minimum atomic E-state index is -0.971. The summed E-state index contributed by atoms with van der Waals surface area (Å²) in [6.07, 6.45) is 5.64. The van der Waals surface area contributed by atoms with Gasteiger partial charge in [0, 0.05) is 12.2 Å². The number of carbonyl (C=O) groups excluding carboxylic acids is 2. The summed E-state index contributed by atoms with van der Waals surface area (Å²) in [5, 5.41) is 9.47. The van der Waals surface area contributed by atoms with Crippen LogP contribution < -0.4 is 5.73 Å². The molecule has 2 heterocycles. The van der Waals surface area contributed by atoms with E-state index in [0.29, 0.717) is 6.42 Å². The summed E-state index contributed by atoms with van der Waals surface area (Å²) in [7, 11) is 0. The highest BCUT2D eigenvalue weighted by molar-refractivity contribution is 5.97. The van der Waals surface area contributed by atoms with Gasteiger partial charge in [-0.1, -0.05) is 12.8 Å². The fourth-order valence-corrected chi connectivity index (χ4v) is 3.77. The van der Waals surface area contributed by atoms with Crippen molar-refractivity contribution in [3.05, 3.63) is 29.6 Å². The normalized spacial score (nSPS) is 26.6. The first-order valence-corrected chi connectivity index (χ1v) is 7.80. The lowest BCUT2D eigenvalue weighted by molar-refractivity contribution is -0.141. The van der Waals surface area contributed by atoms with Gasteiger partial charge in [-0.25, -0.2) is 4.79 Å². The van der Waals surface area contributed by atoms with E-state index in [1.54, 1.807) is 0 Å². The van der Waals surface area contributed by atoms with Gasteiger partial charge in [0.2, 0.25) is 5.91 Å². The fourth-order valence-electron chi connectivity index (χ4n) is 3.77. The van der Waals surface area contributed by atoms with E-state index in [2.05, 4.69) is 4.98 Å². The minimum Gasteiger partial charge on any atom is -0.480 e. The van der Waals surface area contributed by atoms with Crippen LogP contribution >= 0.6 is 0 Å². The number of amides is 2. The van der Waals surface area contributed by atoms with Crippen LogP contribution in [0.4, 0.5) is 0 Å². The van der Waals surface area contributed by atoms with Crippen LogP contribution in [0.3, 0.4) is 0 Å². The molecule has 3 atom stereocenters. The Morgan fingerprint density at radius 2 is 1.96 bits per heavy atom. The zero-order chi connectivity index (χ0) is 16.6. The number of hydrogen-bond donors (Lipinski definition) is 2. The second-order valence-corrected chi connectivity index (χ2v) is 6.21. The van der Waals surface area contributed by atoms with Crippen LogP contribution in [0.5, 0.6) is 0 Å². The van der Waals surface area contributed by atoms with Crippen LogP contribution in [-0.2, 0) is 4.79 Å². The van der Waals surface area contributed by atoms with Crippen molar-refractivity contribution in [1.82, 2.24) is 9.88 Å². The molecule has 3 rings (SSSR count). The lowest BCUT2D eigenvalue weighted by Crippen LogP contribution is -2.46. The van der Waals surface area contributed by atoms with Gasteiger partial charge in [0.15, 0.2) is 0 Å². The number of nitrogens with zero attached hydrogens (tertiary/aromatic N) is 2. The molecular weight excluding hydrogens is 298 g/mol. The molecule has 1 aliphatic carbocycles. The molecule has 2 amide bonds. The number of primary amides is 1. The third-order valence-corrected chi connectivity index (χ3v) is 4.87. The molecule has 0 spiro atoms. The zero-order valence-electron chi connectivity index (χ0n) is 12.6. The van der Waals surface area contributed by atoms with E-state index in [1.165, 1.54) is 23.2 Å². The van der Waals surface area contributed by atoms with Gasteiger partial charge in [-0.2, -0.15) is 0 Å². The predicted octanol–water partition coefficient (Wildman–Crippen LogP) is 1.04. The number of carboxylic acids is 1. The van der Waals surface area contributed by atoms with E-state index in [4.69, 9.17) is 5.73 Å². The Morgan fingerprint density at radius 3 is 2.57 bits per heavy atom.